The Morgan fingerprint density at radius 3 is 3.00 bits per heavy atom. The summed E-state index contributed by atoms with van der Waals surface area (Å²) >= 11 is 6.06. The van der Waals surface area contributed by atoms with E-state index in [-0.39, 0.29) is 10.6 Å². The van der Waals surface area contributed by atoms with Gasteiger partial charge in [-0.15, -0.1) is 0 Å². The van der Waals surface area contributed by atoms with Gasteiger partial charge >= 0.3 is 0 Å². The number of unbranched alkanes of at least 4 members (excludes halogenated alkanes) is 1. The normalized spacial score (nSPS) is 10.6. The third kappa shape index (κ3) is 3.35. The van der Waals surface area contributed by atoms with Gasteiger partial charge in [-0.05, 0) is 6.42 Å². The number of hydrogen-bond donors (Lipinski definition) is 2. The zero-order chi connectivity index (χ0) is 13.7. The highest BCUT2D eigenvalue weighted by Crippen LogP contribution is 2.16. The number of rotatable bonds is 6. The number of H-pyrrole nitrogens is 1. The van der Waals surface area contributed by atoms with Gasteiger partial charge < -0.3 is 10.3 Å². The van der Waals surface area contributed by atoms with Crippen molar-refractivity contribution in [3.05, 3.63) is 39.8 Å². The van der Waals surface area contributed by atoms with Crippen LogP contribution in [0.1, 0.15) is 25.5 Å². The zero-order valence-corrected chi connectivity index (χ0v) is 11.4. The van der Waals surface area contributed by atoms with E-state index in [1.54, 1.807) is 18.7 Å². The van der Waals surface area contributed by atoms with Crippen molar-refractivity contribution in [3.8, 4) is 0 Å². The molecule has 0 aliphatic carbocycles. The quantitative estimate of drug-likeness (QED) is 0.849. The first-order chi connectivity index (χ1) is 9.22. The van der Waals surface area contributed by atoms with Crippen molar-refractivity contribution in [2.75, 3.05) is 5.32 Å². The van der Waals surface area contributed by atoms with Crippen LogP contribution in [0.3, 0.4) is 0 Å². The number of hydrogen-bond acceptors (Lipinski definition) is 4. The molecular formula is C12H16ClN5O. The molecule has 2 rings (SSSR count). The number of halogens is 1. The van der Waals surface area contributed by atoms with E-state index in [0.29, 0.717) is 18.8 Å². The van der Waals surface area contributed by atoms with Gasteiger partial charge in [0, 0.05) is 12.7 Å². The van der Waals surface area contributed by atoms with Crippen LogP contribution in [0.25, 0.3) is 0 Å². The third-order valence-corrected chi connectivity index (χ3v) is 3.10. The number of aryl methyl sites for hydroxylation is 1. The van der Waals surface area contributed by atoms with E-state index >= 15 is 0 Å². The van der Waals surface area contributed by atoms with E-state index in [4.69, 9.17) is 11.6 Å². The van der Waals surface area contributed by atoms with Crippen LogP contribution in [-0.4, -0.2) is 19.7 Å². The largest absolute Gasteiger partial charge is 0.377 e. The molecule has 0 aromatic carbocycles. The molecular weight excluding hydrogens is 266 g/mol. The molecule has 2 aromatic heterocycles. The molecule has 2 heterocycles. The lowest BCUT2D eigenvalue weighted by Gasteiger charge is -2.09. The van der Waals surface area contributed by atoms with E-state index in [9.17, 15) is 4.79 Å². The fourth-order valence-electron chi connectivity index (χ4n) is 1.63. The Labute approximate surface area is 115 Å². The molecule has 6 nitrogen and oxygen atoms in total. The lowest BCUT2D eigenvalue weighted by atomic mass is 10.3. The zero-order valence-electron chi connectivity index (χ0n) is 10.7. The Kier molecular flexibility index (Phi) is 4.57. The van der Waals surface area contributed by atoms with Crippen LogP contribution in [0.5, 0.6) is 0 Å². The average molecular weight is 282 g/mol. The summed E-state index contributed by atoms with van der Waals surface area (Å²) in [4.78, 5) is 18.8. The molecule has 0 radical (unpaired) electrons. The molecule has 0 aliphatic heterocycles. The van der Waals surface area contributed by atoms with Crippen LogP contribution in [0, 0.1) is 0 Å². The van der Waals surface area contributed by atoms with Crippen molar-refractivity contribution < 1.29 is 0 Å². The number of nitrogens with zero attached hydrogens (tertiary/aromatic N) is 3. The lowest BCUT2D eigenvalue weighted by molar-refractivity contribution is 0.543. The molecule has 7 heteroatoms. The summed E-state index contributed by atoms with van der Waals surface area (Å²) in [5, 5.41) is 7.34. The Balaban J connectivity index is 2.09. The number of aromatic amines is 1. The summed E-state index contributed by atoms with van der Waals surface area (Å²) in [6, 6.07) is 0. The van der Waals surface area contributed by atoms with E-state index < -0.39 is 0 Å². The van der Waals surface area contributed by atoms with E-state index in [0.717, 1.165) is 18.5 Å². The van der Waals surface area contributed by atoms with Crippen molar-refractivity contribution in [2.45, 2.75) is 32.9 Å². The molecule has 0 saturated carbocycles. The summed E-state index contributed by atoms with van der Waals surface area (Å²) < 4.78 is 1.40. The standard InChI is InChI=1S/C12H16ClN5O/c1-2-3-4-18-12(19)11(13)10(7-17-18)15-6-9-5-14-8-16-9/h5,7-8,15H,2-4,6H2,1H3,(H,14,16). The third-order valence-electron chi connectivity index (χ3n) is 2.73. The maximum atomic E-state index is 12.0. The van der Waals surface area contributed by atoms with Crippen molar-refractivity contribution in [2.24, 2.45) is 0 Å². The van der Waals surface area contributed by atoms with Crippen LogP contribution < -0.4 is 10.9 Å². The van der Waals surface area contributed by atoms with Gasteiger partial charge in [-0.1, -0.05) is 24.9 Å². The number of anilines is 1. The van der Waals surface area contributed by atoms with Crippen molar-refractivity contribution in [1.29, 1.82) is 0 Å². The molecule has 19 heavy (non-hydrogen) atoms. The molecule has 0 saturated heterocycles. The summed E-state index contributed by atoms with van der Waals surface area (Å²) in [6.07, 6.45) is 6.79. The second-order valence-corrected chi connectivity index (χ2v) is 4.56. The van der Waals surface area contributed by atoms with Gasteiger partial charge in [0.25, 0.3) is 5.56 Å². The second kappa shape index (κ2) is 6.38. The van der Waals surface area contributed by atoms with Gasteiger partial charge in [0.15, 0.2) is 0 Å². The monoisotopic (exact) mass is 281 g/mol. The highest BCUT2D eigenvalue weighted by atomic mass is 35.5. The molecule has 2 N–H and O–H groups in total. The van der Waals surface area contributed by atoms with Gasteiger partial charge in [0.2, 0.25) is 0 Å². The number of imidazole rings is 1. The van der Waals surface area contributed by atoms with Gasteiger partial charge in [-0.3, -0.25) is 4.79 Å². The molecule has 0 atom stereocenters. The first-order valence-corrected chi connectivity index (χ1v) is 6.57. The molecule has 0 aliphatic rings. The van der Waals surface area contributed by atoms with E-state index in [2.05, 4.69) is 27.3 Å². The Hall–Kier alpha value is -1.82. The fourth-order valence-corrected chi connectivity index (χ4v) is 1.84. The van der Waals surface area contributed by atoms with Crippen LogP contribution in [0.15, 0.2) is 23.5 Å². The van der Waals surface area contributed by atoms with Crippen LogP contribution in [0.2, 0.25) is 5.02 Å². The summed E-state index contributed by atoms with van der Waals surface area (Å²) in [7, 11) is 0. The minimum absolute atomic E-state index is 0.172. The number of aromatic nitrogens is 4. The van der Waals surface area contributed by atoms with E-state index in [1.165, 1.54) is 4.68 Å². The Morgan fingerprint density at radius 1 is 1.47 bits per heavy atom. The molecule has 102 valence electrons. The average Bonchev–Trinajstić information content (AvgIpc) is 2.92. The molecule has 0 amide bonds. The first kappa shape index (κ1) is 13.6. The molecule has 0 spiro atoms. The van der Waals surface area contributed by atoms with Crippen LogP contribution >= 0.6 is 11.6 Å². The van der Waals surface area contributed by atoms with Crippen LogP contribution in [0.4, 0.5) is 5.69 Å². The minimum Gasteiger partial charge on any atom is -0.377 e. The Bertz CT molecular complexity index is 578. The van der Waals surface area contributed by atoms with E-state index in [1.807, 2.05) is 0 Å². The predicted molar refractivity (Wildman–Crippen MR) is 74.3 cm³/mol. The van der Waals surface area contributed by atoms with Gasteiger partial charge in [-0.25, -0.2) is 9.67 Å². The second-order valence-electron chi connectivity index (χ2n) is 4.18. The maximum Gasteiger partial charge on any atom is 0.287 e. The molecule has 0 unspecified atom stereocenters. The molecule has 0 fully saturated rings. The summed E-state index contributed by atoms with van der Waals surface area (Å²) in [5.74, 6) is 0. The van der Waals surface area contributed by atoms with Crippen LogP contribution in [-0.2, 0) is 13.1 Å². The van der Waals surface area contributed by atoms with Gasteiger partial charge in [0.05, 0.1) is 30.5 Å². The van der Waals surface area contributed by atoms with Gasteiger partial charge in [-0.2, -0.15) is 5.10 Å². The fraction of sp³-hybridized carbons (Fsp3) is 0.417. The molecule has 2 aromatic rings. The topological polar surface area (TPSA) is 75.6 Å². The SMILES string of the molecule is CCCCn1ncc(NCc2cnc[nH]2)c(Cl)c1=O. The van der Waals surface area contributed by atoms with Gasteiger partial charge in [0.1, 0.15) is 5.02 Å². The molecule has 0 bridgehead atoms. The lowest BCUT2D eigenvalue weighted by Crippen LogP contribution is -2.24. The number of nitrogens with one attached hydrogen (secondary N) is 2. The highest BCUT2D eigenvalue weighted by Gasteiger charge is 2.08. The predicted octanol–water partition coefficient (Wildman–Crippen LogP) is 2.03. The first-order valence-electron chi connectivity index (χ1n) is 6.19. The maximum absolute atomic E-state index is 12.0. The summed E-state index contributed by atoms with van der Waals surface area (Å²) in [5.41, 5.74) is 1.19. The smallest absolute Gasteiger partial charge is 0.287 e. The summed E-state index contributed by atoms with van der Waals surface area (Å²) in [6.45, 7) is 3.17. The highest BCUT2D eigenvalue weighted by molar-refractivity contribution is 6.32. The van der Waals surface area contributed by atoms with Crippen molar-refractivity contribution in [3.63, 3.8) is 0 Å². The van der Waals surface area contributed by atoms with Crippen molar-refractivity contribution >= 4 is 17.3 Å². The Morgan fingerprint density at radius 2 is 2.32 bits per heavy atom. The minimum atomic E-state index is -0.260. The van der Waals surface area contributed by atoms with Crippen molar-refractivity contribution in [1.82, 2.24) is 19.7 Å².